The second-order valence-corrected chi connectivity index (χ2v) is 19.0. The fraction of sp³-hybridized carbons (Fsp3) is 0.592. The van der Waals surface area contributed by atoms with Crippen LogP contribution in [0.4, 0.5) is 5.69 Å². The largest absolute Gasteiger partial charge is 0.507 e. The van der Waals surface area contributed by atoms with E-state index in [-0.39, 0.29) is 62.4 Å². The molecular weight excluding hydrogens is 837 g/mol. The molecule has 10 rings (SSSR count). The molecule has 0 unspecified atom stereocenters. The van der Waals surface area contributed by atoms with E-state index >= 15 is 0 Å². The van der Waals surface area contributed by atoms with E-state index in [9.17, 15) is 34.8 Å². The number of ether oxygens (including phenoxy) is 5. The number of carbonyl (C=O) groups is 3. The standard InChI is InChI=1S/C49H66N4O12/c1-25-14-13-18-48(8)30(6)44(64-48)28(4)39(55)27(3)43(63-31(7)54)26(2)34(61-10)17-23-62-49(9)46(59)37-35-36(40(56)29(5)45(37)65-49)42(58)38(51-47(25)60)33(41(35)57)24-50-53-21-19-52(20-22-53)32-15-11-12-16-32/h13-14,17-18,23-24,26-28,30,32,34,39,43-44,55-58H,11-12,15-16,19-22H2,1-10H3,(H,51,60)/b18-13+,23-17+,25-14-,50-24+/t26-,27-,28+,30-,34+,39+,43-,44-,48+,49+/m1/s1. The number of nitrogens with zero attached hydrogens (tertiary/aromatic N) is 3. The maximum atomic E-state index is 14.6. The summed E-state index contributed by atoms with van der Waals surface area (Å²) in [5, 5.41) is 56.7. The highest BCUT2D eigenvalue weighted by Gasteiger charge is 2.53. The minimum Gasteiger partial charge on any atom is -0.507 e. The summed E-state index contributed by atoms with van der Waals surface area (Å²) in [6.07, 6.45) is 11.2. The molecule has 0 aromatic heterocycles. The molecule has 7 bridgehead atoms. The van der Waals surface area contributed by atoms with Gasteiger partial charge < -0.3 is 49.4 Å². The van der Waals surface area contributed by atoms with Gasteiger partial charge in [0.15, 0.2) is 5.75 Å². The van der Waals surface area contributed by atoms with Crippen LogP contribution in [-0.2, 0) is 28.5 Å². The number of rotatable bonds is 5. The van der Waals surface area contributed by atoms with Crippen LogP contribution in [0.3, 0.4) is 0 Å². The summed E-state index contributed by atoms with van der Waals surface area (Å²) in [5.41, 5.74) is -0.903. The lowest BCUT2D eigenvalue weighted by atomic mass is 9.70. The highest BCUT2D eigenvalue weighted by molar-refractivity contribution is 6.23. The summed E-state index contributed by atoms with van der Waals surface area (Å²) in [6, 6.07) is 0.560. The van der Waals surface area contributed by atoms with Crippen LogP contribution in [-0.4, -0.2) is 129 Å². The molecule has 7 aliphatic heterocycles. The van der Waals surface area contributed by atoms with Gasteiger partial charge in [-0.05, 0) is 39.7 Å². The van der Waals surface area contributed by atoms with Gasteiger partial charge in [0.25, 0.3) is 11.7 Å². The highest BCUT2D eigenvalue weighted by Crippen LogP contribution is 2.55. The monoisotopic (exact) mass is 902 g/mol. The molecule has 16 heteroatoms. The Balaban J connectivity index is 1.33. The molecule has 2 aromatic carbocycles. The zero-order valence-electron chi connectivity index (χ0n) is 39.2. The number of methoxy groups -OCH3 is 1. The second kappa shape index (κ2) is 18.6. The predicted octanol–water partition coefficient (Wildman–Crippen LogP) is 6.44. The normalized spacial score (nSPS) is 34.7. The van der Waals surface area contributed by atoms with Gasteiger partial charge in [-0.3, -0.25) is 24.3 Å². The third kappa shape index (κ3) is 8.82. The summed E-state index contributed by atoms with van der Waals surface area (Å²) in [6.45, 7) is 18.1. The number of benzene rings is 2. The SMILES string of the molecule is CO[C@H]1/C=C/O[C@@]2(C)Oc3c(C)c(O)c4c(O)c(c(/C=N/N5CCN(C6CCCC6)CC5)c(O)c4c3C2=O)NC(=O)/C(C)=C\C=C\[C@]2(C)O[C@H]([C@@H](C)[C@@H](O)[C@@H](C)[C@H](OC(C)=O)[C@@H]1C)[C@H]2C. The van der Waals surface area contributed by atoms with Crippen molar-refractivity contribution in [2.75, 3.05) is 38.6 Å². The fourth-order valence-corrected chi connectivity index (χ4v) is 10.4. The molecule has 10 atom stereocenters. The number of hydrazone groups is 1. The lowest BCUT2D eigenvalue weighted by Crippen LogP contribution is -2.60. The Hall–Kier alpha value is -5.16. The summed E-state index contributed by atoms with van der Waals surface area (Å²) in [7, 11) is 1.47. The molecule has 0 spiro atoms. The number of piperazine rings is 1. The molecule has 3 fully saturated rings. The Bertz CT molecular complexity index is 2310. The Kier molecular flexibility index (Phi) is 13.7. The van der Waals surface area contributed by atoms with Crippen LogP contribution in [0.5, 0.6) is 23.0 Å². The van der Waals surface area contributed by atoms with Crippen LogP contribution in [0.25, 0.3) is 10.8 Å². The third-order valence-corrected chi connectivity index (χ3v) is 14.8. The van der Waals surface area contributed by atoms with Crippen molar-refractivity contribution in [1.29, 1.82) is 0 Å². The van der Waals surface area contributed by atoms with Crippen LogP contribution < -0.4 is 10.1 Å². The molecule has 7 heterocycles. The van der Waals surface area contributed by atoms with Crippen LogP contribution >= 0.6 is 0 Å². The van der Waals surface area contributed by atoms with Crippen molar-refractivity contribution in [2.45, 2.75) is 130 Å². The minimum absolute atomic E-state index is 0.0617. The van der Waals surface area contributed by atoms with Gasteiger partial charge in [-0.15, -0.1) is 0 Å². The summed E-state index contributed by atoms with van der Waals surface area (Å²) in [5.74, 6) is -7.17. The van der Waals surface area contributed by atoms with Crippen molar-refractivity contribution in [1.82, 2.24) is 9.91 Å². The maximum Gasteiger partial charge on any atom is 0.312 e. The minimum atomic E-state index is -2.03. The van der Waals surface area contributed by atoms with Gasteiger partial charge in [-0.2, -0.15) is 5.10 Å². The molecule has 65 heavy (non-hydrogen) atoms. The molecule has 354 valence electrons. The number of hydrogen-bond acceptors (Lipinski definition) is 15. The number of aliphatic hydroxyl groups is 1. The number of aromatic hydroxyl groups is 3. The van der Waals surface area contributed by atoms with Crippen LogP contribution in [0.15, 0.2) is 41.2 Å². The second-order valence-electron chi connectivity index (χ2n) is 19.0. The van der Waals surface area contributed by atoms with Crippen LogP contribution in [0, 0.1) is 30.6 Å². The van der Waals surface area contributed by atoms with E-state index in [0.29, 0.717) is 19.1 Å². The third-order valence-electron chi connectivity index (χ3n) is 14.8. The van der Waals surface area contributed by atoms with Gasteiger partial charge >= 0.3 is 11.8 Å². The zero-order chi connectivity index (χ0) is 47.3. The number of aliphatic hydroxyl groups excluding tert-OH is 1. The lowest BCUT2D eigenvalue weighted by molar-refractivity contribution is -0.251. The molecule has 0 radical (unpaired) electrons. The average molecular weight is 903 g/mol. The van der Waals surface area contributed by atoms with Gasteiger partial charge in [0, 0.05) is 93.4 Å². The van der Waals surface area contributed by atoms with Gasteiger partial charge in [-0.1, -0.05) is 58.8 Å². The first-order valence-electron chi connectivity index (χ1n) is 22.8. The summed E-state index contributed by atoms with van der Waals surface area (Å²) in [4.78, 5) is 43.5. The van der Waals surface area contributed by atoms with Gasteiger partial charge in [0.05, 0.1) is 58.6 Å². The number of anilines is 1. The van der Waals surface area contributed by atoms with Crippen molar-refractivity contribution in [3.8, 4) is 23.0 Å². The predicted molar refractivity (Wildman–Crippen MR) is 244 cm³/mol. The van der Waals surface area contributed by atoms with Gasteiger partial charge in [-0.25, -0.2) is 0 Å². The van der Waals surface area contributed by atoms with Crippen LogP contribution in [0.2, 0.25) is 0 Å². The van der Waals surface area contributed by atoms with Crippen molar-refractivity contribution >= 4 is 40.3 Å². The molecule has 8 aliphatic rings. The zero-order valence-corrected chi connectivity index (χ0v) is 39.2. The van der Waals surface area contributed by atoms with E-state index in [4.69, 9.17) is 28.8 Å². The van der Waals surface area contributed by atoms with Crippen molar-refractivity contribution in [3.05, 3.63) is 52.8 Å². The van der Waals surface area contributed by atoms with E-state index in [2.05, 4.69) is 10.2 Å². The fourth-order valence-electron chi connectivity index (χ4n) is 10.4. The van der Waals surface area contributed by atoms with E-state index in [1.165, 1.54) is 66.0 Å². The number of hydrogen-bond donors (Lipinski definition) is 5. The quantitative estimate of drug-likeness (QED) is 0.0947. The van der Waals surface area contributed by atoms with Crippen molar-refractivity contribution in [2.24, 2.45) is 28.8 Å². The van der Waals surface area contributed by atoms with Crippen LogP contribution in [0.1, 0.15) is 103 Å². The average Bonchev–Trinajstić information content (AvgIpc) is 3.91. The first kappa shape index (κ1) is 47.8. The smallest absolute Gasteiger partial charge is 0.312 e. The van der Waals surface area contributed by atoms with Crippen molar-refractivity contribution in [3.63, 3.8) is 0 Å². The first-order chi connectivity index (χ1) is 30.7. The molecule has 16 nitrogen and oxygen atoms in total. The number of esters is 1. The van der Waals surface area contributed by atoms with E-state index in [0.717, 1.165) is 13.1 Å². The van der Waals surface area contributed by atoms with Gasteiger partial charge in [0.1, 0.15) is 23.4 Å². The Labute approximate surface area is 380 Å². The summed E-state index contributed by atoms with van der Waals surface area (Å²) < 4.78 is 30.4. The van der Waals surface area contributed by atoms with E-state index < -0.39 is 76.4 Å². The molecule has 1 saturated carbocycles. The van der Waals surface area contributed by atoms with Gasteiger partial charge in [0.2, 0.25) is 0 Å². The number of allylic oxidation sites excluding steroid dienone is 2. The molecule has 5 N–H and O–H groups in total. The lowest BCUT2D eigenvalue weighted by Gasteiger charge is -2.54. The number of Topliss-reactive ketones (excluding diaryl/α,β-unsaturated/α-hetero) is 1. The topological polar surface area (TPSA) is 209 Å². The van der Waals surface area contributed by atoms with E-state index in [1.54, 1.807) is 25.2 Å². The molecule has 2 saturated heterocycles. The Morgan fingerprint density at radius 2 is 1.63 bits per heavy atom. The number of phenolic OH excluding ortho intramolecular Hbond substituents is 3. The molecule has 2 aromatic rings. The van der Waals surface area contributed by atoms with E-state index in [1.807, 2.05) is 45.7 Å². The molecule has 1 aliphatic carbocycles. The molecular formula is C49H66N4O12. The highest BCUT2D eigenvalue weighted by atomic mass is 16.7. The number of nitrogens with one attached hydrogen (secondary N) is 1. The Morgan fingerprint density at radius 3 is 2.26 bits per heavy atom. The summed E-state index contributed by atoms with van der Waals surface area (Å²) >= 11 is 0. The maximum absolute atomic E-state index is 14.6. The number of ketones is 1. The number of carbonyl (C=O) groups excluding carboxylic acids is 3. The molecule has 1 amide bonds. The number of amides is 1. The van der Waals surface area contributed by atoms with Crippen molar-refractivity contribution < 1.29 is 58.5 Å². The Morgan fingerprint density at radius 1 is 0.954 bits per heavy atom. The first-order valence-corrected chi connectivity index (χ1v) is 22.8. The number of phenols is 3.